The zero-order chi connectivity index (χ0) is 13.0. The molecule has 0 radical (unpaired) electrons. The van der Waals surface area contributed by atoms with Crippen molar-refractivity contribution in [2.24, 2.45) is 0 Å². The molecule has 1 rings (SSSR count). The van der Waals surface area contributed by atoms with Crippen molar-refractivity contribution < 1.29 is 13.2 Å². The Balaban J connectivity index is 3.13. The third-order valence-corrected chi connectivity index (χ3v) is 2.40. The molecule has 1 unspecified atom stereocenters. The van der Waals surface area contributed by atoms with Crippen molar-refractivity contribution >= 4 is 0 Å². The molecule has 4 heteroatoms. The lowest BCUT2D eigenvalue weighted by Crippen LogP contribution is -2.23. The van der Waals surface area contributed by atoms with Crippen molar-refractivity contribution in [2.45, 2.75) is 26.3 Å². The van der Waals surface area contributed by atoms with E-state index >= 15 is 0 Å². The quantitative estimate of drug-likeness (QED) is 0.777. The fourth-order valence-corrected chi connectivity index (χ4v) is 1.76. The maximum atomic E-state index is 13.6. The molecule has 1 N–H and O–H groups in total. The van der Waals surface area contributed by atoms with Crippen LogP contribution in [0.15, 0.2) is 24.3 Å². The second-order valence-corrected chi connectivity index (χ2v) is 4.05. The highest BCUT2D eigenvalue weighted by atomic mass is 19.1. The van der Waals surface area contributed by atoms with Gasteiger partial charge in [-0.25, -0.2) is 13.2 Å². The molecule has 0 heterocycles. The Morgan fingerprint density at radius 3 is 2.24 bits per heavy atom. The molecule has 0 aliphatic rings. The number of rotatable bonds is 5. The molecule has 1 nitrogen and oxygen atoms in total. The van der Waals surface area contributed by atoms with Gasteiger partial charge in [0.25, 0.3) is 0 Å². The molecule has 0 spiro atoms. The Labute approximate surface area is 99.3 Å². The molecule has 0 bridgehead atoms. The van der Waals surface area contributed by atoms with Gasteiger partial charge in [-0.3, -0.25) is 0 Å². The summed E-state index contributed by atoms with van der Waals surface area (Å²) in [6.45, 7) is 7.90. The predicted octanol–water partition coefficient (Wildman–Crippen LogP) is 3.72. The van der Waals surface area contributed by atoms with E-state index < -0.39 is 23.5 Å². The molecule has 17 heavy (non-hydrogen) atoms. The summed E-state index contributed by atoms with van der Waals surface area (Å²) >= 11 is 0. The van der Waals surface area contributed by atoms with Crippen LogP contribution in [0.5, 0.6) is 0 Å². The average Bonchev–Trinajstić information content (AvgIpc) is 2.14. The molecule has 0 fully saturated rings. The summed E-state index contributed by atoms with van der Waals surface area (Å²) in [6, 6.07) is 0.876. The van der Waals surface area contributed by atoms with Crippen LogP contribution in [0.4, 0.5) is 13.2 Å². The van der Waals surface area contributed by atoms with E-state index in [1.54, 1.807) is 6.92 Å². The largest absolute Gasteiger partial charge is 0.310 e. The van der Waals surface area contributed by atoms with E-state index in [-0.39, 0.29) is 5.56 Å². The lowest BCUT2D eigenvalue weighted by atomic mass is 9.99. The summed E-state index contributed by atoms with van der Waals surface area (Å²) < 4.78 is 40.0. The molecular formula is C13H16F3N. The van der Waals surface area contributed by atoms with Gasteiger partial charge in [-0.05, 0) is 19.9 Å². The van der Waals surface area contributed by atoms with Crippen molar-refractivity contribution in [2.75, 3.05) is 6.54 Å². The van der Waals surface area contributed by atoms with Gasteiger partial charge in [0, 0.05) is 23.7 Å². The highest BCUT2D eigenvalue weighted by molar-refractivity contribution is 5.25. The first-order valence-corrected chi connectivity index (χ1v) is 5.48. The molecule has 0 aromatic heterocycles. The van der Waals surface area contributed by atoms with Crippen LogP contribution in [0.3, 0.4) is 0 Å². The summed E-state index contributed by atoms with van der Waals surface area (Å²) in [5.41, 5.74) is 0.676. The van der Waals surface area contributed by atoms with Crippen LogP contribution in [0, 0.1) is 17.5 Å². The molecule has 1 aromatic rings. The van der Waals surface area contributed by atoms with Gasteiger partial charge in [-0.15, -0.1) is 6.58 Å². The molecule has 0 aliphatic carbocycles. The maximum absolute atomic E-state index is 13.6. The summed E-state index contributed by atoms with van der Waals surface area (Å²) in [4.78, 5) is 0. The molecule has 1 atom stereocenters. The van der Waals surface area contributed by atoms with Crippen molar-refractivity contribution in [1.82, 2.24) is 5.32 Å². The molecule has 0 saturated heterocycles. The minimum atomic E-state index is -0.908. The van der Waals surface area contributed by atoms with E-state index in [0.29, 0.717) is 25.1 Å². The van der Waals surface area contributed by atoms with Crippen molar-refractivity contribution in [3.05, 3.63) is 47.3 Å². The van der Waals surface area contributed by atoms with Crippen LogP contribution in [0.2, 0.25) is 0 Å². The van der Waals surface area contributed by atoms with Gasteiger partial charge in [0.15, 0.2) is 0 Å². The fraction of sp³-hybridized carbons (Fsp3) is 0.385. The molecular weight excluding hydrogens is 227 g/mol. The van der Waals surface area contributed by atoms with E-state index in [2.05, 4.69) is 11.9 Å². The Morgan fingerprint density at radius 2 is 1.82 bits per heavy atom. The third-order valence-electron chi connectivity index (χ3n) is 2.40. The van der Waals surface area contributed by atoms with Crippen molar-refractivity contribution in [3.8, 4) is 0 Å². The lowest BCUT2D eigenvalue weighted by molar-refractivity contribution is 0.461. The van der Waals surface area contributed by atoms with Crippen LogP contribution in [-0.4, -0.2) is 6.54 Å². The molecule has 0 aliphatic heterocycles. The number of nitrogens with one attached hydrogen (secondary N) is 1. The van der Waals surface area contributed by atoms with Crippen LogP contribution >= 0.6 is 0 Å². The number of benzene rings is 1. The SMILES string of the molecule is C=C(C)CC(NCC)c1c(F)cc(F)cc1F. The highest BCUT2D eigenvalue weighted by Crippen LogP contribution is 2.26. The van der Waals surface area contributed by atoms with Gasteiger partial charge < -0.3 is 5.32 Å². The number of hydrogen-bond donors (Lipinski definition) is 1. The molecule has 94 valence electrons. The van der Waals surface area contributed by atoms with Gasteiger partial charge in [-0.1, -0.05) is 12.5 Å². The summed E-state index contributed by atoms with van der Waals surface area (Å²) in [5.74, 6) is -2.64. The topological polar surface area (TPSA) is 12.0 Å². The minimum Gasteiger partial charge on any atom is -0.310 e. The second-order valence-electron chi connectivity index (χ2n) is 4.05. The first-order chi connectivity index (χ1) is 7.95. The average molecular weight is 243 g/mol. The molecule has 0 amide bonds. The summed E-state index contributed by atoms with van der Waals surface area (Å²) in [5, 5.41) is 2.97. The lowest BCUT2D eigenvalue weighted by Gasteiger charge is -2.19. The van der Waals surface area contributed by atoms with Crippen LogP contribution in [0.1, 0.15) is 31.9 Å². The van der Waals surface area contributed by atoms with Gasteiger partial charge in [0.2, 0.25) is 0 Å². The second kappa shape index (κ2) is 5.87. The van der Waals surface area contributed by atoms with Crippen LogP contribution in [-0.2, 0) is 0 Å². The molecule has 1 aromatic carbocycles. The van der Waals surface area contributed by atoms with Gasteiger partial charge >= 0.3 is 0 Å². The van der Waals surface area contributed by atoms with E-state index in [9.17, 15) is 13.2 Å². The zero-order valence-electron chi connectivity index (χ0n) is 9.99. The van der Waals surface area contributed by atoms with Gasteiger partial charge in [0.1, 0.15) is 17.5 Å². The summed E-state index contributed by atoms with van der Waals surface area (Å²) in [7, 11) is 0. The van der Waals surface area contributed by atoms with Crippen molar-refractivity contribution in [3.63, 3.8) is 0 Å². The smallest absolute Gasteiger partial charge is 0.133 e. The Hall–Kier alpha value is -1.29. The fourth-order valence-electron chi connectivity index (χ4n) is 1.76. The number of halogens is 3. The standard InChI is InChI=1S/C13H16F3N/c1-4-17-12(5-8(2)3)13-10(15)6-9(14)7-11(13)16/h6-7,12,17H,2,4-5H2,1,3H3. The van der Waals surface area contributed by atoms with Gasteiger partial charge in [0.05, 0.1) is 0 Å². The Bertz CT molecular complexity index is 392. The van der Waals surface area contributed by atoms with E-state index in [0.717, 1.165) is 5.57 Å². The monoisotopic (exact) mass is 243 g/mol. The number of hydrogen-bond acceptors (Lipinski definition) is 1. The van der Waals surface area contributed by atoms with Crippen LogP contribution < -0.4 is 5.32 Å². The van der Waals surface area contributed by atoms with Crippen molar-refractivity contribution in [1.29, 1.82) is 0 Å². The van der Waals surface area contributed by atoms with E-state index in [1.807, 2.05) is 6.92 Å². The third kappa shape index (κ3) is 3.60. The minimum absolute atomic E-state index is 0.128. The molecule has 0 saturated carbocycles. The Morgan fingerprint density at radius 1 is 1.29 bits per heavy atom. The summed E-state index contributed by atoms with van der Waals surface area (Å²) in [6.07, 6.45) is 0.410. The van der Waals surface area contributed by atoms with E-state index in [4.69, 9.17) is 0 Å². The van der Waals surface area contributed by atoms with Gasteiger partial charge in [-0.2, -0.15) is 0 Å². The normalized spacial score (nSPS) is 12.5. The zero-order valence-corrected chi connectivity index (χ0v) is 9.99. The highest BCUT2D eigenvalue weighted by Gasteiger charge is 2.20. The first-order valence-electron chi connectivity index (χ1n) is 5.48. The first kappa shape index (κ1) is 13.8. The van der Waals surface area contributed by atoms with E-state index in [1.165, 1.54) is 0 Å². The maximum Gasteiger partial charge on any atom is 0.133 e. The predicted molar refractivity (Wildman–Crippen MR) is 62.2 cm³/mol. The van der Waals surface area contributed by atoms with Crippen LogP contribution in [0.25, 0.3) is 0 Å². The Kier molecular flexibility index (Phi) is 4.75.